The molecule has 0 saturated carbocycles. The van der Waals surface area contributed by atoms with Gasteiger partial charge in [0.05, 0.1) is 0 Å². The fraction of sp³-hybridized carbons (Fsp3) is 0.167. The number of fused-ring (bicyclic) bond motifs is 2. The normalized spacial score (nSPS) is 19.3. The second-order valence-electron chi connectivity index (χ2n) is 4.61. The average Bonchev–Trinajstić information content (AvgIpc) is 3.03. The van der Waals surface area contributed by atoms with Gasteiger partial charge in [-0.3, -0.25) is 0 Å². The van der Waals surface area contributed by atoms with Crippen molar-refractivity contribution in [1.82, 2.24) is 0 Å². The van der Waals surface area contributed by atoms with Crippen LogP contribution in [0.15, 0.2) is 31.7 Å². The van der Waals surface area contributed by atoms with Gasteiger partial charge in [0.25, 0.3) is 8.16 Å². The lowest BCUT2D eigenvalue weighted by atomic mass is 10.3. The van der Waals surface area contributed by atoms with E-state index in [1.807, 2.05) is 0 Å². The molecule has 2 aliphatic rings. The van der Waals surface area contributed by atoms with E-state index in [0.717, 1.165) is 0 Å². The Morgan fingerprint density at radius 3 is 0.958 bits per heavy atom. The van der Waals surface area contributed by atoms with Crippen LogP contribution < -0.4 is 0 Å². The minimum absolute atomic E-state index is 0.364. The SMILES string of the molecule is O=C(O)C1(C(=O)O)Sc2cc3c(cc2S1)SC(C(=O)O)(C(=O)O)S3. The molecule has 0 spiro atoms. The Morgan fingerprint density at radius 2 is 0.792 bits per heavy atom. The van der Waals surface area contributed by atoms with E-state index < -0.39 is 32.0 Å². The summed E-state index contributed by atoms with van der Waals surface area (Å²) < 4.78 is -4.22. The van der Waals surface area contributed by atoms with Crippen molar-refractivity contribution in [2.24, 2.45) is 0 Å². The molecule has 3 rings (SSSR count). The standard InChI is InChI=1S/C12H6O8S4/c13-7(14)11(8(15)16)21-3-1-4-6(2-5(3)23-11)24-12(22-4,9(17)18)10(19)20/h1-2H,(H,13,14)(H,15,16)(H,17,18)(H,19,20). The van der Waals surface area contributed by atoms with Crippen molar-refractivity contribution in [3.8, 4) is 0 Å². The quantitative estimate of drug-likeness (QED) is 0.540. The summed E-state index contributed by atoms with van der Waals surface area (Å²) in [6.45, 7) is 0. The summed E-state index contributed by atoms with van der Waals surface area (Å²) in [6, 6.07) is 2.89. The highest BCUT2D eigenvalue weighted by molar-refractivity contribution is 8.24. The molecule has 8 nitrogen and oxygen atoms in total. The molecule has 0 fully saturated rings. The van der Waals surface area contributed by atoms with E-state index in [2.05, 4.69) is 0 Å². The smallest absolute Gasteiger partial charge is 0.342 e. The first-order valence-electron chi connectivity index (χ1n) is 6.00. The van der Waals surface area contributed by atoms with Gasteiger partial charge in [-0.1, -0.05) is 47.0 Å². The molecule has 0 atom stereocenters. The third-order valence-electron chi connectivity index (χ3n) is 3.15. The second kappa shape index (κ2) is 5.51. The summed E-state index contributed by atoms with van der Waals surface area (Å²) in [5.74, 6) is -6.03. The van der Waals surface area contributed by atoms with Crippen molar-refractivity contribution in [3.63, 3.8) is 0 Å². The van der Waals surface area contributed by atoms with Crippen LogP contribution in [0.3, 0.4) is 0 Å². The topological polar surface area (TPSA) is 149 Å². The molecule has 0 aromatic heterocycles. The van der Waals surface area contributed by atoms with E-state index >= 15 is 0 Å². The van der Waals surface area contributed by atoms with E-state index in [9.17, 15) is 39.6 Å². The molecule has 1 aromatic rings. The molecule has 4 N–H and O–H groups in total. The van der Waals surface area contributed by atoms with E-state index in [4.69, 9.17) is 0 Å². The van der Waals surface area contributed by atoms with Gasteiger partial charge in [0.2, 0.25) is 0 Å². The van der Waals surface area contributed by atoms with Crippen molar-refractivity contribution in [2.75, 3.05) is 0 Å². The number of benzene rings is 1. The summed E-state index contributed by atoms with van der Waals surface area (Å²) in [5, 5.41) is 37.0. The molecule has 0 aliphatic carbocycles. The van der Waals surface area contributed by atoms with Gasteiger partial charge in [0, 0.05) is 19.6 Å². The number of hydrogen-bond acceptors (Lipinski definition) is 8. The number of carboxylic acids is 4. The predicted octanol–water partition coefficient (Wildman–Crippen LogP) is 1.81. The molecule has 1 aromatic carbocycles. The molecule has 126 valence electrons. The van der Waals surface area contributed by atoms with Crippen molar-refractivity contribution in [1.29, 1.82) is 0 Å². The van der Waals surface area contributed by atoms with Crippen molar-refractivity contribution < 1.29 is 39.6 Å². The highest BCUT2D eigenvalue weighted by atomic mass is 32.2. The predicted molar refractivity (Wildman–Crippen MR) is 85.9 cm³/mol. The van der Waals surface area contributed by atoms with Crippen LogP contribution >= 0.6 is 47.0 Å². The molecule has 0 amide bonds. The maximum absolute atomic E-state index is 11.4. The zero-order valence-corrected chi connectivity index (χ0v) is 14.5. The molecule has 0 bridgehead atoms. The van der Waals surface area contributed by atoms with E-state index in [1.165, 1.54) is 12.1 Å². The molecule has 0 unspecified atom stereocenters. The highest BCUT2D eigenvalue weighted by Gasteiger charge is 2.57. The molecule has 12 heteroatoms. The van der Waals surface area contributed by atoms with Crippen molar-refractivity contribution >= 4 is 70.9 Å². The Morgan fingerprint density at radius 1 is 0.583 bits per heavy atom. The molecule has 0 radical (unpaired) electrons. The molecular formula is C12H6O8S4. The van der Waals surface area contributed by atoms with Gasteiger partial charge in [-0.15, -0.1) is 0 Å². The summed E-state index contributed by atoms with van der Waals surface area (Å²) >= 11 is 2.52. The van der Waals surface area contributed by atoms with Crippen LogP contribution in [0.4, 0.5) is 0 Å². The second-order valence-corrected chi connectivity index (χ2v) is 10.1. The van der Waals surface area contributed by atoms with E-state index in [-0.39, 0.29) is 0 Å². The molecule has 0 saturated heterocycles. The van der Waals surface area contributed by atoms with Crippen LogP contribution in [0.5, 0.6) is 0 Å². The van der Waals surface area contributed by atoms with E-state index in [0.29, 0.717) is 66.6 Å². The summed E-state index contributed by atoms with van der Waals surface area (Å²) in [5.41, 5.74) is 0. The van der Waals surface area contributed by atoms with Crippen LogP contribution in [-0.2, 0) is 19.2 Å². The van der Waals surface area contributed by atoms with Gasteiger partial charge in [-0.05, 0) is 12.1 Å². The third kappa shape index (κ3) is 2.28. The maximum atomic E-state index is 11.4. The Balaban J connectivity index is 2.02. The van der Waals surface area contributed by atoms with Crippen LogP contribution in [0, 0.1) is 0 Å². The average molecular weight is 406 g/mol. The minimum atomic E-state index is -2.11. The number of thioether (sulfide) groups is 4. The van der Waals surface area contributed by atoms with Crippen molar-refractivity contribution in [3.05, 3.63) is 12.1 Å². The Bertz CT molecular complexity index is 689. The van der Waals surface area contributed by atoms with Crippen molar-refractivity contribution in [2.45, 2.75) is 27.7 Å². The Kier molecular flexibility index (Phi) is 3.98. The van der Waals surface area contributed by atoms with Crippen LogP contribution in [0.2, 0.25) is 0 Å². The molecule has 24 heavy (non-hydrogen) atoms. The Labute approximate surface area is 150 Å². The number of carbonyl (C=O) groups is 4. The monoisotopic (exact) mass is 406 g/mol. The summed E-state index contributed by atoms with van der Waals surface area (Å²) in [6.07, 6.45) is 0. The zero-order valence-electron chi connectivity index (χ0n) is 11.2. The molecular weight excluding hydrogens is 400 g/mol. The number of hydrogen-bond donors (Lipinski definition) is 4. The van der Waals surface area contributed by atoms with Crippen LogP contribution in [-0.4, -0.2) is 52.5 Å². The Hall–Kier alpha value is -1.50. The maximum Gasteiger partial charge on any atom is 0.342 e. The van der Waals surface area contributed by atoms with Gasteiger partial charge in [-0.25, -0.2) is 19.2 Å². The van der Waals surface area contributed by atoms with Gasteiger partial charge >= 0.3 is 23.9 Å². The molecule has 2 heterocycles. The lowest BCUT2D eigenvalue weighted by Gasteiger charge is -2.16. The fourth-order valence-electron chi connectivity index (χ4n) is 2.03. The first-order valence-corrected chi connectivity index (χ1v) is 9.26. The number of aliphatic carboxylic acids is 4. The zero-order chi connectivity index (χ0) is 17.9. The fourth-order valence-corrected chi connectivity index (χ4v) is 7.38. The van der Waals surface area contributed by atoms with Gasteiger partial charge in [0.15, 0.2) is 0 Å². The highest BCUT2D eigenvalue weighted by Crippen LogP contribution is 2.62. The lowest BCUT2D eigenvalue weighted by molar-refractivity contribution is -0.149. The minimum Gasteiger partial charge on any atom is -0.479 e. The van der Waals surface area contributed by atoms with Crippen LogP contribution in [0.25, 0.3) is 0 Å². The van der Waals surface area contributed by atoms with Gasteiger partial charge in [-0.2, -0.15) is 0 Å². The summed E-state index contributed by atoms with van der Waals surface area (Å²) in [4.78, 5) is 47.0. The first kappa shape index (κ1) is 17.3. The first-order chi connectivity index (χ1) is 11.1. The summed E-state index contributed by atoms with van der Waals surface area (Å²) in [7, 11) is 0. The number of carboxylic acid groups (broad SMARTS) is 4. The largest absolute Gasteiger partial charge is 0.479 e. The van der Waals surface area contributed by atoms with Crippen LogP contribution in [0.1, 0.15) is 0 Å². The lowest BCUT2D eigenvalue weighted by Crippen LogP contribution is -2.38. The third-order valence-corrected chi connectivity index (χ3v) is 9.19. The van der Waals surface area contributed by atoms with Gasteiger partial charge in [0.1, 0.15) is 0 Å². The number of rotatable bonds is 4. The molecule has 2 aliphatic heterocycles. The van der Waals surface area contributed by atoms with E-state index in [1.54, 1.807) is 0 Å². The van der Waals surface area contributed by atoms with Gasteiger partial charge < -0.3 is 20.4 Å².